The van der Waals surface area contributed by atoms with E-state index in [1.807, 2.05) is 18.7 Å². The summed E-state index contributed by atoms with van der Waals surface area (Å²) < 4.78 is 5.51. The van der Waals surface area contributed by atoms with Crippen LogP contribution in [0.15, 0.2) is 24.3 Å². The smallest absolute Gasteiger partial charge is 0.254 e. The van der Waals surface area contributed by atoms with Gasteiger partial charge in [0, 0.05) is 17.8 Å². The first-order chi connectivity index (χ1) is 8.08. The van der Waals surface area contributed by atoms with E-state index in [1.54, 1.807) is 24.3 Å². The van der Waals surface area contributed by atoms with Crippen LogP contribution in [-0.2, 0) is 4.74 Å². The Morgan fingerprint density at radius 2 is 2.17 bits per heavy atom. The molecule has 4 nitrogen and oxygen atoms in total. The molecule has 1 saturated heterocycles. The molecule has 1 aromatic carbocycles. The van der Waals surface area contributed by atoms with E-state index < -0.39 is 0 Å². The van der Waals surface area contributed by atoms with E-state index in [-0.39, 0.29) is 30.5 Å². The molecule has 0 aliphatic carbocycles. The van der Waals surface area contributed by atoms with Crippen LogP contribution >= 0.6 is 12.4 Å². The number of carbonyl (C=O) groups excluding carboxylic acids is 1. The summed E-state index contributed by atoms with van der Waals surface area (Å²) in [5.74, 6) is 0.0277. The number of nitrogens with zero attached hydrogens (tertiary/aromatic N) is 1. The second kappa shape index (κ2) is 6.07. The van der Waals surface area contributed by atoms with Crippen LogP contribution in [0.25, 0.3) is 0 Å². The SMILES string of the molecule is CC1CN(C(=O)c2cccc(N)c2)C(C)CO1.Cl. The number of amides is 1. The van der Waals surface area contributed by atoms with Crippen LogP contribution in [-0.4, -0.2) is 36.1 Å². The van der Waals surface area contributed by atoms with Gasteiger partial charge in [-0.05, 0) is 32.0 Å². The van der Waals surface area contributed by atoms with E-state index in [2.05, 4.69) is 0 Å². The number of ether oxygens (including phenoxy) is 1. The molecule has 1 aromatic rings. The lowest BCUT2D eigenvalue weighted by atomic mass is 10.1. The zero-order valence-electron chi connectivity index (χ0n) is 10.6. The maximum atomic E-state index is 12.3. The normalized spacial score (nSPS) is 23.3. The van der Waals surface area contributed by atoms with Crippen molar-refractivity contribution < 1.29 is 9.53 Å². The average Bonchev–Trinajstić information content (AvgIpc) is 2.31. The Hall–Kier alpha value is -1.26. The lowest BCUT2D eigenvalue weighted by molar-refractivity contribution is -0.0387. The molecule has 0 saturated carbocycles. The van der Waals surface area contributed by atoms with Crippen LogP contribution in [0, 0.1) is 0 Å². The lowest BCUT2D eigenvalue weighted by Crippen LogP contribution is -2.50. The molecule has 100 valence electrons. The Labute approximate surface area is 114 Å². The molecule has 0 bridgehead atoms. The zero-order valence-corrected chi connectivity index (χ0v) is 11.4. The van der Waals surface area contributed by atoms with Gasteiger partial charge in [-0.1, -0.05) is 6.07 Å². The van der Waals surface area contributed by atoms with Gasteiger partial charge in [0.15, 0.2) is 0 Å². The molecule has 1 fully saturated rings. The van der Waals surface area contributed by atoms with Gasteiger partial charge in [0.05, 0.1) is 18.8 Å². The topological polar surface area (TPSA) is 55.6 Å². The van der Waals surface area contributed by atoms with E-state index in [0.29, 0.717) is 24.4 Å². The van der Waals surface area contributed by atoms with Crippen LogP contribution in [0.4, 0.5) is 5.69 Å². The standard InChI is InChI=1S/C13H18N2O2.ClH/c1-9-8-17-10(2)7-15(9)13(16)11-4-3-5-12(14)6-11;/h3-6,9-10H,7-8,14H2,1-2H3;1H. The molecule has 2 rings (SSSR count). The first kappa shape index (κ1) is 14.8. The van der Waals surface area contributed by atoms with Crippen molar-refractivity contribution >= 4 is 24.0 Å². The van der Waals surface area contributed by atoms with Gasteiger partial charge in [-0.3, -0.25) is 4.79 Å². The van der Waals surface area contributed by atoms with Crippen molar-refractivity contribution in [3.05, 3.63) is 29.8 Å². The molecular formula is C13H19ClN2O2. The number of nitrogens with two attached hydrogens (primary N) is 1. The van der Waals surface area contributed by atoms with E-state index >= 15 is 0 Å². The van der Waals surface area contributed by atoms with Gasteiger partial charge >= 0.3 is 0 Å². The summed E-state index contributed by atoms with van der Waals surface area (Å²) in [6, 6.07) is 7.21. The molecule has 1 amide bonds. The minimum atomic E-state index is 0. The van der Waals surface area contributed by atoms with Crippen molar-refractivity contribution in [1.29, 1.82) is 0 Å². The number of rotatable bonds is 1. The summed E-state index contributed by atoms with van der Waals surface area (Å²) >= 11 is 0. The maximum absolute atomic E-state index is 12.3. The number of morpholine rings is 1. The minimum absolute atomic E-state index is 0. The Kier molecular flexibility index (Phi) is 4.99. The van der Waals surface area contributed by atoms with Crippen molar-refractivity contribution in [2.75, 3.05) is 18.9 Å². The monoisotopic (exact) mass is 270 g/mol. The molecule has 2 atom stereocenters. The van der Waals surface area contributed by atoms with Gasteiger partial charge in [-0.25, -0.2) is 0 Å². The van der Waals surface area contributed by atoms with Gasteiger partial charge in [0.2, 0.25) is 0 Å². The molecule has 2 unspecified atom stereocenters. The fourth-order valence-corrected chi connectivity index (χ4v) is 2.02. The summed E-state index contributed by atoms with van der Waals surface area (Å²) in [6.07, 6.45) is 0.0937. The number of halogens is 1. The third kappa shape index (κ3) is 3.15. The Morgan fingerprint density at radius 3 is 2.83 bits per heavy atom. The first-order valence-corrected chi connectivity index (χ1v) is 5.86. The van der Waals surface area contributed by atoms with Crippen molar-refractivity contribution in [3.8, 4) is 0 Å². The highest BCUT2D eigenvalue weighted by atomic mass is 35.5. The third-order valence-corrected chi connectivity index (χ3v) is 3.00. The van der Waals surface area contributed by atoms with Crippen LogP contribution in [0.1, 0.15) is 24.2 Å². The highest BCUT2D eigenvalue weighted by molar-refractivity contribution is 5.95. The number of hydrogen-bond donors (Lipinski definition) is 1. The van der Waals surface area contributed by atoms with Crippen molar-refractivity contribution in [2.24, 2.45) is 0 Å². The van der Waals surface area contributed by atoms with Crippen molar-refractivity contribution in [3.63, 3.8) is 0 Å². The molecule has 1 heterocycles. The Balaban J connectivity index is 0.00000162. The van der Waals surface area contributed by atoms with Crippen LogP contribution in [0.5, 0.6) is 0 Å². The minimum Gasteiger partial charge on any atom is -0.399 e. The molecular weight excluding hydrogens is 252 g/mol. The predicted octanol–water partition coefficient (Wildman–Crippen LogP) is 1.94. The average molecular weight is 271 g/mol. The number of hydrogen-bond acceptors (Lipinski definition) is 3. The summed E-state index contributed by atoms with van der Waals surface area (Å²) in [6.45, 7) is 5.20. The highest BCUT2D eigenvalue weighted by Crippen LogP contribution is 2.16. The highest BCUT2D eigenvalue weighted by Gasteiger charge is 2.28. The van der Waals surface area contributed by atoms with E-state index in [1.165, 1.54) is 0 Å². The van der Waals surface area contributed by atoms with Crippen LogP contribution in [0.3, 0.4) is 0 Å². The number of nitrogen functional groups attached to an aromatic ring is 1. The van der Waals surface area contributed by atoms with E-state index in [4.69, 9.17) is 10.5 Å². The molecule has 0 spiro atoms. The fraction of sp³-hybridized carbons (Fsp3) is 0.462. The van der Waals surface area contributed by atoms with Gasteiger partial charge < -0.3 is 15.4 Å². The van der Waals surface area contributed by atoms with E-state index in [0.717, 1.165) is 0 Å². The maximum Gasteiger partial charge on any atom is 0.254 e. The van der Waals surface area contributed by atoms with Gasteiger partial charge in [-0.15, -0.1) is 12.4 Å². The Bertz CT molecular complexity index is 425. The quantitative estimate of drug-likeness (QED) is 0.794. The molecule has 1 aliphatic heterocycles. The second-order valence-corrected chi connectivity index (χ2v) is 4.58. The second-order valence-electron chi connectivity index (χ2n) is 4.58. The summed E-state index contributed by atoms with van der Waals surface area (Å²) in [4.78, 5) is 14.2. The molecule has 1 aliphatic rings. The summed E-state index contributed by atoms with van der Waals surface area (Å²) in [5.41, 5.74) is 6.95. The number of benzene rings is 1. The molecule has 5 heteroatoms. The summed E-state index contributed by atoms with van der Waals surface area (Å²) in [5, 5.41) is 0. The molecule has 0 radical (unpaired) electrons. The molecule has 0 aromatic heterocycles. The van der Waals surface area contributed by atoms with Gasteiger partial charge in [-0.2, -0.15) is 0 Å². The van der Waals surface area contributed by atoms with Crippen LogP contribution < -0.4 is 5.73 Å². The van der Waals surface area contributed by atoms with Crippen molar-refractivity contribution in [2.45, 2.75) is 26.0 Å². The lowest BCUT2D eigenvalue weighted by Gasteiger charge is -2.36. The van der Waals surface area contributed by atoms with Gasteiger partial charge in [0.1, 0.15) is 0 Å². The zero-order chi connectivity index (χ0) is 12.4. The summed E-state index contributed by atoms with van der Waals surface area (Å²) in [7, 11) is 0. The molecule has 18 heavy (non-hydrogen) atoms. The first-order valence-electron chi connectivity index (χ1n) is 5.86. The molecule has 2 N–H and O–H groups in total. The predicted molar refractivity (Wildman–Crippen MR) is 74.0 cm³/mol. The fourth-order valence-electron chi connectivity index (χ4n) is 2.02. The van der Waals surface area contributed by atoms with Gasteiger partial charge in [0.25, 0.3) is 5.91 Å². The number of carbonyl (C=O) groups is 1. The number of anilines is 1. The largest absolute Gasteiger partial charge is 0.399 e. The van der Waals surface area contributed by atoms with Crippen LogP contribution in [0.2, 0.25) is 0 Å². The van der Waals surface area contributed by atoms with E-state index in [9.17, 15) is 4.79 Å². The third-order valence-electron chi connectivity index (χ3n) is 3.00. The van der Waals surface area contributed by atoms with Crippen molar-refractivity contribution in [1.82, 2.24) is 4.90 Å². The Morgan fingerprint density at radius 1 is 1.44 bits per heavy atom.